The van der Waals surface area contributed by atoms with Gasteiger partial charge in [-0.3, -0.25) is 4.57 Å². The molecule has 0 atom stereocenters. The number of fused-ring (bicyclic) bond motifs is 23. The lowest BCUT2D eigenvalue weighted by Gasteiger charge is -2.28. The van der Waals surface area contributed by atoms with Crippen molar-refractivity contribution in [1.29, 1.82) is 0 Å². The van der Waals surface area contributed by atoms with Crippen molar-refractivity contribution in [3.63, 3.8) is 0 Å². The van der Waals surface area contributed by atoms with Crippen LogP contribution >= 0.6 is 0 Å². The molecule has 73 heavy (non-hydrogen) atoms. The molecule has 9 aromatic carbocycles. The number of rotatable bonds is 2. The standard InChI is InChI=1S/C68H56N4O/c1-67(2,3)49-33-30-44(31-34-49)45-32-37-61-59(40-45)57-36-35-53-42-64(57)72(61)65-29-15-26-60(69-65)48-18-11-16-46(38-48)54-22-7-8-23-56(54)58-25-14-24-55(47-17-12-19-50(39-47)68(4,5)6)66(58)71-43-70(62-27-9-10-28-63(62)71)51-20-13-21-52(41-51)73-53/h7-42H,43H2,1-6H3. The zero-order chi connectivity index (χ0) is 49.6. The maximum Gasteiger partial charge on any atom is 0.138 e. The number of anilines is 4. The molecule has 0 spiro atoms. The SMILES string of the molecule is CC(C)(C)c1ccc(-c2ccc3c(c2)c2ccc4cc2n3-c2cccc(n2)-c2cccc(c2)-c2ccccc2-c2cccc(-c3cccc(C(C)(C)C)c3)c2N2CN(c3cccc(c3)O4)c3ccccc32)cc1. The molecule has 0 saturated heterocycles. The molecule has 11 aromatic rings. The zero-order valence-electron chi connectivity index (χ0n) is 42.2. The topological polar surface area (TPSA) is 33.5 Å². The van der Waals surface area contributed by atoms with Crippen molar-refractivity contribution in [2.45, 2.75) is 52.4 Å². The van der Waals surface area contributed by atoms with Gasteiger partial charge in [-0.15, -0.1) is 0 Å². The van der Waals surface area contributed by atoms with Crippen LogP contribution in [-0.4, -0.2) is 16.2 Å². The van der Waals surface area contributed by atoms with Gasteiger partial charge in [0.1, 0.15) is 24.0 Å². The van der Waals surface area contributed by atoms with E-state index in [1.165, 1.54) is 33.4 Å². The van der Waals surface area contributed by atoms with E-state index >= 15 is 0 Å². The minimum Gasteiger partial charge on any atom is -0.457 e. The normalized spacial score (nSPS) is 13.1. The molecule has 10 bridgehead atoms. The molecule has 4 heterocycles. The summed E-state index contributed by atoms with van der Waals surface area (Å²) in [6.45, 7) is 14.2. The van der Waals surface area contributed by atoms with Gasteiger partial charge in [0.2, 0.25) is 0 Å². The van der Waals surface area contributed by atoms with Crippen molar-refractivity contribution in [2.75, 3.05) is 16.5 Å². The Kier molecular flexibility index (Phi) is 10.3. The van der Waals surface area contributed by atoms with Crippen LogP contribution in [0.3, 0.4) is 0 Å². The van der Waals surface area contributed by atoms with Gasteiger partial charge in [-0.2, -0.15) is 0 Å². The van der Waals surface area contributed by atoms with Crippen LogP contribution in [0.5, 0.6) is 11.5 Å². The summed E-state index contributed by atoms with van der Waals surface area (Å²) in [4.78, 5) is 10.4. The fourth-order valence-corrected chi connectivity index (χ4v) is 11.1. The van der Waals surface area contributed by atoms with Crippen LogP contribution in [0, 0.1) is 0 Å². The molecule has 0 radical (unpaired) electrons. The highest BCUT2D eigenvalue weighted by atomic mass is 16.5. The molecular weight excluding hydrogens is 889 g/mol. The lowest BCUT2D eigenvalue weighted by atomic mass is 9.84. The van der Waals surface area contributed by atoms with Gasteiger partial charge in [0, 0.05) is 45.3 Å². The van der Waals surface area contributed by atoms with Crippen LogP contribution in [0.2, 0.25) is 0 Å². The number of para-hydroxylation sites is 3. The monoisotopic (exact) mass is 944 g/mol. The minimum absolute atomic E-state index is 0.0173. The maximum atomic E-state index is 6.92. The molecule has 2 aromatic heterocycles. The van der Waals surface area contributed by atoms with Crippen molar-refractivity contribution in [3.05, 3.63) is 230 Å². The Labute approximate surface area is 428 Å². The molecular formula is C68H56N4O. The van der Waals surface area contributed by atoms with Crippen LogP contribution in [0.4, 0.5) is 22.7 Å². The van der Waals surface area contributed by atoms with Gasteiger partial charge < -0.3 is 14.5 Å². The number of hydrogen-bond acceptors (Lipinski definition) is 4. The second kappa shape index (κ2) is 17.0. The maximum absolute atomic E-state index is 6.92. The first kappa shape index (κ1) is 44.3. The van der Waals surface area contributed by atoms with Crippen LogP contribution < -0.4 is 14.5 Å². The van der Waals surface area contributed by atoms with E-state index in [-0.39, 0.29) is 10.8 Å². The van der Waals surface area contributed by atoms with Crippen molar-refractivity contribution in [1.82, 2.24) is 9.55 Å². The van der Waals surface area contributed by atoms with Crippen molar-refractivity contribution in [2.24, 2.45) is 0 Å². The Balaban J connectivity index is 1.04. The van der Waals surface area contributed by atoms with Gasteiger partial charge >= 0.3 is 0 Å². The molecule has 0 saturated carbocycles. The number of nitrogens with zero attached hydrogens (tertiary/aromatic N) is 4. The summed E-state index contributed by atoms with van der Waals surface area (Å²) < 4.78 is 9.22. The third-order valence-electron chi connectivity index (χ3n) is 14.9. The van der Waals surface area contributed by atoms with Crippen LogP contribution in [0.15, 0.2) is 218 Å². The van der Waals surface area contributed by atoms with Gasteiger partial charge in [0.25, 0.3) is 0 Å². The summed E-state index contributed by atoms with van der Waals surface area (Å²) in [6, 6.07) is 79.8. The lowest BCUT2D eigenvalue weighted by molar-refractivity contribution is 0.483. The summed E-state index contributed by atoms with van der Waals surface area (Å²) in [5.41, 5.74) is 20.5. The molecule has 0 unspecified atom stereocenters. The molecule has 0 amide bonds. The van der Waals surface area contributed by atoms with E-state index in [1.54, 1.807) is 0 Å². The van der Waals surface area contributed by atoms with Crippen LogP contribution in [0.25, 0.3) is 83.4 Å². The minimum atomic E-state index is -0.0173. The van der Waals surface area contributed by atoms with Crippen LogP contribution in [0.1, 0.15) is 52.7 Å². The summed E-state index contributed by atoms with van der Waals surface area (Å²) in [6.07, 6.45) is 0. The number of hydrogen-bond donors (Lipinski definition) is 0. The Hall–Kier alpha value is -8.67. The molecule has 2 aliphatic heterocycles. The quantitative estimate of drug-likeness (QED) is 0.173. The molecule has 5 nitrogen and oxygen atoms in total. The average molecular weight is 945 g/mol. The average Bonchev–Trinajstić information content (AvgIpc) is 3.96. The van der Waals surface area contributed by atoms with E-state index in [1.807, 2.05) is 0 Å². The van der Waals surface area contributed by atoms with E-state index in [2.05, 4.69) is 274 Å². The largest absolute Gasteiger partial charge is 0.457 e. The molecule has 2 aliphatic rings. The second-order valence-corrected chi connectivity index (χ2v) is 21.7. The smallest absolute Gasteiger partial charge is 0.138 e. The van der Waals surface area contributed by atoms with E-state index in [4.69, 9.17) is 9.72 Å². The number of ether oxygens (including phenoxy) is 1. The molecule has 13 rings (SSSR count). The van der Waals surface area contributed by atoms with Crippen molar-refractivity contribution in [3.8, 4) is 73.1 Å². The lowest BCUT2D eigenvalue weighted by Crippen LogP contribution is -2.25. The fraction of sp³-hybridized carbons (Fsp3) is 0.132. The van der Waals surface area contributed by atoms with E-state index < -0.39 is 0 Å². The highest BCUT2D eigenvalue weighted by molar-refractivity contribution is 6.11. The Morgan fingerprint density at radius 2 is 1.04 bits per heavy atom. The van der Waals surface area contributed by atoms with Crippen LogP contribution in [-0.2, 0) is 10.8 Å². The van der Waals surface area contributed by atoms with E-state index in [9.17, 15) is 0 Å². The second-order valence-electron chi connectivity index (χ2n) is 21.7. The Morgan fingerprint density at radius 3 is 1.85 bits per heavy atom. The Morgan fingerprint density at radius 1 is 0.397 bits per heavy atom. The van der Waals surface area contributed by atoms with Gasteiger partial charge in [0.15, 0.2) is 0 Å². The Bertz CT molecular complexity index is 3960. The highest BCUT2D eigenvalue weighted by Crippen LogP contribution is 2.52. The number of benzene rings is 9. The third-order valence-corrected chi connectivity index (χ3v) is 14.9. The number of pyridine rings is 1. The molecule has 5 heteroatoms. The summed E-state index contributed by atoms with van der Waals surface area (Å²) >= 11 is 0. The van der Waals surface area contributed by atoms with Crippen molar-refractivity contribution < 1.29 is 4.74 Å². The van der Waals surface area contributed by atoms with Gasteiger partial charge in [-0.05, 0) is 122 Å². The summed E-state index contributed by atoms with van der Waals surface area (Å²) in [5.74, 6) is 2.35. The van der Waals surface area contributed by atoms with Gasteiger partial charge in [-0.1, -0.05) is 181 Å². The zero-order valence-corrected chi connectivity index (χ0v) is 42.2. The first-order chi connectivity index (χ1) is 35.4. The first-order valence-corrected chi connectivity index (χ1v) is 25.5. The predicted molar refractivity (Wildman–Crippen MR) is 305 cm³/mol. The van der Waals surface area contributed by atoms with E-state index in [0.717, 1.165) is 95.4 Å². The molecule has 0 aliphatic carbocycles. The fourth-order valence-electron chi connectivity index (χ4n) is 11.1. The van der Waals surface area contributed by atoms with Gasteiger partial charge in [0.05, 0.1) is 33.8 Å². The summed E-state index contributed by atoms with van der Waals surface area (Å²) in [7, 11) is 0. The highest BCUT2D eigenvalue weighted by Gasteiger charge is 2.32. The third kappa shape index (κ3) is 7.75. The summed E-state index contributed by atoms with van der Waals surface area (Å²) in [5, 5.41) is 2.29. The first-order valence-electron chi connectivity index (χ1n) is 25.5. The van der Waals surface area contributed by atoms with Crippen molar-refractivity contribution >= 4 is 44.6 Å². The molecule has 0 fully saturated rings. The molecule has 0 N–H and O–H groups in total. The molecule has 354 valence electrons. The van der Waals surface area contributed by atoms with E-state index in [0.29, 0.717) is 6.67 Å². The van der Waals surface area contributed by atoms with Gasteiger partial charge in [-0.25, -0.2) is 4.98 Å². The predicted octanol–water partition coefficient (Wildman–Crippen LogP) is 18.5. The number of aromatic nitrogens is 2.